The zero-order valence-corrected chi connectivity index (χ0v) is 8.16. The summed E-state index contributed by atoms with van der Waals surface area (Å²) in [5.74, 6) is 1.94. The van der Waals surface area contributed by atoms with Crippen LogP contribution in [0.3, 0.4) is 0 Å². The number of hydrogen-bond acceptors (Lipinski definition) is 3. The number of amides is 3. The van der Waals surface area contributed by atoms with Gasteiger partial charge in [0.1, 0.15) is 18.9 Å². The number of rotatable bonds is 3. The molecule has 0 spiro atoms. The summed E-state index contributed by atoms with van der Waals surface area (Å²) >= 11 is 0. The Morgan fingerprint density at radius 3 is 2.64 bits per heavy atom. The first kappa shape index (κ1) is 10.5. The Morgan fingerprint density at radius 2 is 2.21 bits per heavy atom. The molecule has 0 atom stereocenters. The van der Waals surface area contributed by atoms with E-state index in [2.05, 4.69) is 11.2 Å². The van der Waals surface area contributed by atoms with Crippen molar-refractivity contribution in [3.8, 4) is 12.3 Å². The zero-order valence-electron chi connectivity index (χ0n) is 8.16. The molecule has 1 N–H and O–H groups in total. The highest BCUT2D eigenvalue weighted by Crippen LogP contribution is 2.15. The summed E-state index contributed by atoms with van der Waals surface area (Å²) in [5.41, 5.74) is -0.851. The molecule has 0 aromatic heterocycles. The molecular formula is C9H12N2O3. The number of carbonyl (C=O) groups excluding carboxylic acids is 2. The number of nitrogens with zero attached hydrogens (tertiary/aromatic N) is 1. The topological polar surface area (TPSA) is 58.6 Å². The van der Waals surface area contributed by atoms with Gasteiger partial charge in [0.2, 0.25) is 0 Å². The summed E-state index contributed by atoms with van der Waals surface area (Å²) in [6.45, 7) is 3.25. The van der Waals surface area contributed by atoms with Crippen LogP contribution in [0.1, 0.15) is 13.8 Å². The van der Waals surface area contributed by atoms with Crippen LogP contribution in [0.15, 0.2) is 0 Å². The highest BCUT2D eigenvalue weighted by atomic mass is 16.5. The van der Waals surface area contributed by atoms with Gasteiger partial charge in [-0.1, -0.05) is 5.92 Å². The Balaban J connectivity index is 2.59. The van der Waals surface area contributed by atoms with Gasteiger partial charge in [-0.2, -0.15) is 0 Å². The normalized spacial score (nSPS) is 19.4. The van der Waals surface area contributed by atoms with E-state index < -0.39 is 11.6 Å². The third kappa shape index (κ3) is 1.86. The standard InChI is InChI=1S/C9H12N2O3/c1-4-5-14-6-11-7(12)9(2,3)10-8(11)13/h1H,5-6H2,2-3H3,(H,10,13). The molecule has 1 aliphatic heterocycles. The lowest BCUT2D eigenvalue weighted by molar-refractivity contribution is -0.133. The molecular weight excluding hydrogens is 184 g/mol. The maximum Gasteiger partial charge on any atom is 0.326 e. The van der Waals surface area contributed by atoms with Gasteiger partial charge in [0.15, 0.2) is 0 Å². The van der Waals surface area contributed by atoms with Crippen molar-refractivity contribution < 1.29 is 14.3 Å². The number of imide groups is 1. The molecule has 76 valence electrons. The Morgan fingerprint density at radius 1 is 1.57 bits per heavy atom. The number of hydrogen-bond donors (Lipinski definition) is 1. The number of nitrogens with one attached hydrogen (secondary N) is 1. The van der Waals surface area contributed by atoms with Crippen molar-refractivity contribution in [3.63, 3.8) is 0 Å². The largest absolute Gasteiger partial charge is 0.348 e. The van der Waals surface area contributed by atoms with E-state index in [1.165, 1.54) is 0 Å². The average molecular weight is 196 g/mol. The highest BCUT2D eigenvalue weighted by molar-refractivity contribution is 6.06. The third-order valence-corrected chi connectivity index (χ3v) is 1.85. The van der Waals surface area contributed by atoms with Crippen LogP contribution in [0.25, 0.3) is 0 Å². The van der Waals surface area contributed by atoms with Gasteiger partial charge in [-0.25, -0.2) is 9.69 Å². The maximum atomic E-state index is 11.5. The predicted molar refractivity (Wildman–Crippen MR) is 49.1 cm³/mol. The van der Waals surface area contributed by atoms with Crippen molar-refractivity contribution in [3.05, 3.63) is 0 Å². The van der Waals surface area contributed by atoms with E-state index in [0.717, 1.165) is 4.90 Å². The van der Waals surface area contributed by atoms with Gasteiger partial charge in [0.05, 0.1) is 0 Å². The van der Waals surface area contributed by atoms with Gasteiger partial charge in [-0.05, 0) is 13.8 Å². The summed E-state index contributed by atoms with van der Waals surface area (Å²) in [5, 5.41) is 2.53. The first-order chi connectivity index (χ1) is 6.49. The Labute approximate surface area is 82.4 Å². The summed E-state index contributed by atoms with van der Waals surface area (Å²) in [4.78, 5) is 23.8. The summed E-state index contributed by atoms with van der Waals surface area (Å²) in [6.07, 6.45) is 4.96. The van der Waals surface area contributed by atoms with E-state index in [0.29, 0.717) is 0 Å². The predicted octanol–water partition coefficient (Wildman–Crippen LogP) is -0.0759. The zero-order chi connectivity index (χ0) is 10.8. The fraction of sp³-hybridized carbons (Fsp3) is 0.556. The maximum absolute atomic E-state index is 11.5. The summed E-state index contributed by atoms with van der Waals surface area (Å²) < 4.78 is 4.91. The average Bonchev–Trinajstić information content (AvgIpc) is 2.27. The first-order valence-electron chi connectivity index (χ1n) is 4.14. The fourth-order valence-corrected chi connectivity index (χ4v) is 1.13. The molecule has 3 amide bonds. The van der Waals surface area contributed by atoms with Gasteiger partial charge in [0.25, 0.3) is 5.91 Å². The van der Waals surface area contributed by atoms with Crippen molar-refractivity contribution in [2.75, 3.05) is 13.3 Å². The van der Waals surface area contributed by atoms with Crippen LogP contribution in [0.2, 0.25) is 0 Å². The second-order valence-electron chi connectivity index (χ2n) is 3.47. The van der Waals surface area contributed by atoms with E-state index in [1.54, 1.807) is 13.8 Å². The smallest absolute Gasteiger partial charge is 0.326 e. The monoisotopic (exact) mass is 196 g/mol. The van der Waals surface area contributed by atoms with Gasteiger partial charge in [0, 0.05) is 0 Å². The number of terminal acetylenes is 1. The molecule has 0 aromatic rings. The van der Waals surface area contributed by atoms with E-state index >= 15 is 0 Å². The van der Waals surface area contributed by atoms with Gasteiger partial charge >= 0.3 is 6.03 Å². The minimum absolute atomic E-state index is 0.0808. The number of carbonyl (C=O) groups is 2. The molecule has 1 aliphatic rings. The summed E-state index contributed by atoms with van der Waals surface area (Å²) in [6, 6.07) is -0.447. The van der Waals surface area contributed by atoms with Crippen LogP contribution in [-0.4, -0.2) is 35.7 Å². The molecule has 1 heterocycles. The van der Waals surface area contributed by atoms with Crippen LogP contribution in [0.5, 0.6) is 0 Å². The lowest BCUT2D eigenvalue weighted by atomic mass is 10.1. The molecule has 0 bridgehead atoms. The SMILES string of the molecule is C#CCOCN1C(=O)NC(C)(C)C1=O. The lowest BCUT2D eigenvalue weighted by Gasteiger charge is -2.15. The van der Waals surface area contributed by atoms with Crippen molar-refractivity contribution in [2.24, 2.45) is 0 Å². The molecule has 0 radical (unpaired) electrons. The fourth-order valence-electron chi connectivity index (χ4n) is 1.13. The van der Waals surface area contributed by atoms with Crippen molar-refractivity contribution in [1.29, 1.82) is 0 Å². The number of ether oxygens (including phenoxy) is 1. The third-order valence-electron chi connectivity index (χ3n) is 1.85. The Hall–Kier alpha value is -1.54. The van der Waals surface area contributed by atoms with E-state index in [9.17, 15) is 9.59 Å². The van der Waals surface area contributed by atoms with Crippen LogP contribution in [0.4, 0.5) is 4.79 Å². The van der Waals surface area contributed by atoms with Crippen molar-refractivity contribution in [1.82, 2.24) is 10.2 Å². The molecule has 5 nitrogen and oxygen atoms in total. The van der Waals surface area contributed by atoms with E-state index in [4.69, 9.17) is 11.2 Å². The Kier molecular flexibility index (Phi) is 2.77. The van der Waals surface area contributed by atoms with E-state index in [1.807, 2.05) is 0 Å². The first-order valence-corrected chi connectivity index (χ1v) is 4.14. The molecule has 5 heteroatoms. The van der Waals surface area contributed by atoms with Crippen LogP contribution in [-0.2, 0) is 9.53 Å². The van der Waals surface area contributed by atoms with Gasteiger partial charge in [-0.3, -0.25) is 4.79 Å². The second-order valence-corrected chi connectivity index (χ2v) is 3.47. The van der Waals surface area contributed by atoms with Crippen LogP contribution in [0, 0.1) is 12.3 Å². The van der Waals surface area contributed by atoms with Crippen molar-refractivity contribution in [2.45, 2.75) is 19.4 Å². The quantitative estimate of drug-likeness (QED) is 0.390. The highest BCUT2D eigenvalue weighted by Gasteiger charge is 2.44. The Bertz CT molecular complexity index is 304. The van der Waals surface area contributed by atoms with Crippen LogP contribution < -0.4 is 5.32 Å². The minimum atomic E-state index is -0.851. The molecule has 1 saturated heterocycles. The van der Waals surface area contributed by atoms with Crippen molar-refractivity contribution >= 4 is 11.9 Å². The minimum Gasteiger partial charge on any atom is -0.348 e. The van der Waals surface area contributed by atoms with Gasteiger partial charge in [-0.15, -0.1) is 6.42 Å². The van der Waals surface area contributed by atoms with Gasteiger partial charge < -0.3 is 10.1 Å². The summed E-state index contributed by atoms with van der Waals surface area (Å²) in [7, 11) is 0. The molecule has 14 heavy (non-hydrogen) atoms. The molecule has 0 unspecified atom stereocenters. The van der Waals surface area contributed by atoms with E-state index in [-0.39, 0.29) is 19.2 Å². The molecule has 0 aliphatic carbocycles. The molecule has 1 rings (SSSR count). The van der Waals surface area contributed by atoms with Crippen LogP contribution >= 0.6 is 0 Å². The lowest BCUT2D eigenvalue weighted by Crippen LogP contribution is -2.40. The second kappa shape index (κ2) is 3.68. The molecule has 0 saturated carbocycles. The number of urea groups is 1. The molecule has 1 fully saturated rings. The molecule has 0 aromatic carbocycles.